The van der Waals surface area contributed by atoms with Crippen molar-refractivity contribution in [2.45, 2.75) is 31.6 Å². The van der Waals surface area contributed by atoms with Crippen molar-refractivity contribution in [3.63, 3.8) is 0 Å². The number of anilines is 1. The number of methoxy groups -OCH3 is 1. The van der Waals surface area contributed by atoms with E-state index in [9.17, 15) is 13.2 Å². The van der Waals surface area contributed by atoms with Gasteiger partial charge in [0, 0.05) is 5.69 Å². The molecule has 0 saturated carbocycles. The van der Waals surface area contributed by atoms with Gasteiger partial charge in [0.15, 0.2) is 0 Å². The summed E-state index contributed by atoms with van der Waals surface area (Å²) in [6.45, 7) is 5.42. The second-order valence-corrected chi connectivity index (χ2v) is 8.70. The summed E-state index contributed by atoms with van der Waals surface area (Å²) in [5.74, 6) is 0.114. The Labute approximate surface area is 170 Å². The first kappa shape index (κ1) is 20.8. The van der Waals surface area contributed by atoms with E-state index in [0.29, 0.717) is 5.69 Å². The third-order valence-corrected chi connectivity index (χ3v) is 6.08. The van der Waals surface area contributed by atoms with E-state index in [1.165, 1.54) is 12.1 Å². The van der Waals surface area contributed by atoms with E-state index in [0.717, 1.165) is 33.2 Å². The van der Waals surface area contributed by atoms with E-state index in [4.69, 9.17) is 9.88 Å². The van der Waals surface area contributed by atoms with Crippen LogP contribution in [0.1, 0.15) is 29.5 Å². The number of carbonyl (C=O) groups excluding carboxylic acids is 1. The fraction of sp³-hybridized carbons (Fsp3) is 0.227. The third kappa shape index (κ3) is 4.41. The van der Waals surface area contributed by atoms with Gasteiger partial charge in [-0.15, -0.1) is 0 Å². The predicted molar refractivity (Wildman–Crippen MR) is 115 cm³/mol. The highest BCUT2D eigenvalue weighted by molar-refractivity contribution is 7.89. The van der Waals surface area contributed by atoms with Gasteiger partial charge in [-0.3, -0.25) is 4.79 Å². The predicted octanol–water partition coefficient (Wildman–Crippen LogP) is 3.85. The Morgan fingerprint density at radius 2 is 1.69 bits per heavy atom. The van der Waals surface area contributed by atoms with Crippen LogP contribution < -0.4 is 15.2 Å². The van der Waals surface area contributed by atoms with Gasteiger partial charge in [0.25, 0.3) is 0 Å². The van der Waals surface area contributed by atoms with Crippen LogP contribution in [0.3, 0.4) is 0 Å². The summed E-state index contributed by atoms with van der Waals surface area (Å²) in [5.41, 5.74) is 2.83. The van der Waals surface area contributed by atoms with Crippen molar-refractivity contribution in [1.29, 1.82) is 0 Å². The summed E-state index contributed by atoms with van der Waals surface area (Å²) in [7, 11) is -2.24. The Hall–Kier alpha value is -2.90. The van der Waals surface area contributed by atoms with E-state index < -0.39 is 15.9 Å². The number of nitrogens with two attached hydrogens (primary N) is 1. The molecule has 0 aliphatic heterocycles. The van der Waals surface area contributed by atoms with Crippen molar-refractivity contribution in [1.82, 2.24) is 0 Å². The minimum Gasteiger partial charge on any atom is -0.497 e. The topological polar surface area (TPSA) is 98.5 Å². The summed E-state index contributed by atoms with van der Waals surface area (Å²) in [6.07, 6.45) is 0. The minimum atomic E-state index is -3.86. The van der Waals surface area contributed by atoms with Crippen molar-refractivity contribution in [2.24, 2.45) is 5.14 Å². The molecule has 0 radical (unpaired) electrons. The van der Waals surface area contributed by atoms with Gasteiger partial charge < -0.3 is 10.1 Å². The van der Waals surface area contributed by atoms with Crippen LogP contribution in [0.25, 0.3) is 10.8 Å². The highest BCUT2D eigenvalue weighted by Crippen LogP contribution is 2.28. The second-order valence-electron chi connectivity index (χ2n) is 7.14. The maximum absolute atomic E-state index is 12.9. The largest absolute Gasteiger partial charge is 0.497 e. The van der Waals surface area contributed by atoms with Crippen LogP contribution in [0.15, 0.2) is 53.4 Å². The van der Waals surface area contributed by atoms with Crippen LogP contribution in [-0.4, -0.2) is 21.4 Å². The van der Waals surface area contributed by atoms with Crippen molar-refractivity contribution >= 4 is 32.4 Å². The maximum atomic E-state index is 12.9. The number of hydrogen-bond donors (Lipinski definition) is 2. The van der Waals surface area contributed by atoms with Crippen LogP contribution in [-0.2, 0) is 14.8 Å². The number of aryl methyl sites for hydroxylation is 1. The molecule has 0 spiro atoms. The molecule has 3 aromatic rings. The molecule has 1 amide bonds. The zero-order valence-electron chi connectivity index (χ0n) is 16.8. The molecule has 0 bridgehead atoms. The molecule has 1 atom stereocenters. The monoisotopic (exact) mass is 412 g/mol. The number of amides is 1. The van der Waals surface area contributed by atoms with Crippen molar-refractivity contribution in [3.8, 4) is 5.75 Å². The molecule has 0 heterocycles. The summed E-state index contributed by atoms with van der Waals surface area (Å²) in [5, 5.41) is 10.1. The lowest BCUT2D eigenvalue weighted by Crippen LogP contribution is -2.20. The number of carbonyl (C=O) groups is 1. The molecule has 3 aromatic carbocycles. The zero-order chi connectivity index (χ0) is 21.3. The third-order valence-electron chi connectivity index (χ3n) is 5.19. The van der Waals surface area contributed by atoms with Gasteiger partial charge in [-0.1, -0.05) is 24.3 Å². The molecular weight excluding hydrogens is 388 g/mol. The Balaban J connectivity index is 1.89. The Bertz CT molecular complexity index is 1200. The van der Waals surface area contributed by atoms with Crippen molar-refractivity contribution < 1.29 is 17.9 Å². The number of primary sulfonamides is 1. The van der Waals surface area contributed by atoms with Crippen LogP contribution in [0.5, 0.6) is 5.75 Å². The Morgan fingerprint density at radius 3 is 2.34 bits per heavy atom. The molecule has 29 heavy (non-hydrogen) atoms. The normalized spacial score (nSPS) is 12.6. The lowest BCUT2D eigenvalue weighted by atomic mass is 9.96. The van der Waals surface area contributed by atoms with E-state index in [2.05, 4.69) is 5.32 Å². The number of rotatable bonds is 5. The molecule has 0 aliphatic carbocycles. The van der Waals surface area contributed by atoms with E-state index >= 15 is 0 Å². The van der Waals surface area contributed by atoms with Crippen LogP contribution in [0.2, 0.25) is 0 Å². The molecule has 0 aliphatic rings. The SMILES string of the molecule is COc1ccc2cc([C@@H](C)C(=O)Nc3cc(S(N)(=O)=O)cc(C)c3C)ccc2c1. The first-order valence-corrected chi connectivity index (χ1v) is 10.7. The summed E-state index contributed by atoms with van der Waals surface area (Å²) in [6, 6.07) is 14.5. The zero-order valence-corrected chi connectivity index (χ0v) is 17.6. The summed E-state index contributed by atoms with van der Waals surface area (Å²) >= 11 is 0. The van der Waals surface area contributed by atoms with Gasteiger partial charge in [-0.2, -0.15) is 0 Å². The Morgan fingerprint density at radius 1 is 1.03 bits per heavy atom. The smallest absolute Gasteiger partial charge is 0.238 e. The number of ether oxygens (including phenoxy) is 1. The molecule has 0 saturated heterocycles. The molecular formula is C22H24N2O4S. The van der Waals surface area contributed by atoms with Gasteiger partial charge in [0.1, 0.15) is 5.75 Å². The van der Waals surface area contributed by atoms with E-state index in [1.54, 1.807) is 14.0 Å². The van der Waals surface area contributed by atoms with Gasteiger partial charge >= 0.3 is 0 Å². The van der Waals surface area contributed by atoms with Crippen molar-refractivity contribution in [2.75, 3.05) is 12.4 Å². The molecule has 0 unspecified atom stereocenters. The fourth-order valence-corrected chi connectivity index (χ4v) is 3.77. The molecule has 0 aromatic heterocycles. The summed E-state index contributed by atoms with van der Waals surface area (Å²) < 4.78 is 28.7. The standard InChI is InChI=1S/C22H24N2O4S/c1-13-9-20(29(23,26)27)12-21(14(13)2)24-22(25)15(3)16-5-6-18-11-19(28-4)8-7-17(18)10-16/h5-12,15H,1-4H3,(H,24,25)(H2,23,26,27)/t15-/m1/s1. The number of nitrogens with one attached hydrogen (secondary N) is 1. The summed E-state index contributed by atoms with van der Waals surface area (Å²) in [4.78, 5) is 12.8. The first-order valence-electron chi connectivity index (χ1n) is 9.13. The van der Waals surface area contributed by atoms with E-state index in [-0.39, 0.29) is 10.8 Å². The Kier molecular flexibility index (Phi) is 5.64. The molecule has 152 valence electrons. The number of hydrogen-bond acceptors (Lipinski definition) is 4. The highest BCUT2D eigenvalue weighted by Gasteiger charge is 2.19. The molecule has 7 heteroatoms. The van der Waals surface area contributed by atoms with Gasteiger partial charge in [0.05, 0.1) is 17.9 Å². The fourth-order valence-electron chi connectivity index (χ4n) is 3.15. The lowest BCUT2D eigenvalue weighted by Gasteiger charge is -2.17. The van der Waals surface area contributed by atoms with Crippen LogP contribution in [0, 0.1) is 13.8 Å². The molecule has 3 N–H and O–H groups in total. The van der Waals surface area contributed by atoms with Gasteiger partial charge in [0.2, 0.25) is 15.9 Å². The van der Waals surface area contributed by atoms with Gasteiger partial charge in [-0.25, -0.2) is 13.6 Å². The van der Waals surface area contributed by atoms with Crippen LogP contribution >= 0.6 is 0 Å². The van der Waals surface area contributed by atoms with Gasteiger partial charge in [-0.05, 0) is 72.5 Å². The highest BCUT2D eigenvalue weighted by atomic mass is 32.2. The lowest BCUT2D eigenvalue weighted by molar-refractivity contribution is -0.117. The number of sulfonamides is 1. The molecule has 3 rings (SSSR count). The quantitative estimate of drug-likeness (QED) is 0.665. The van der Waals surface area contributed by atoms with Crippen molar-refractivity contribution in [3.05, 3.63) is 65.2 Å². The molecule has 6 nitrogen and oxygen atoms in total. The average Bonchev–Trinajstić information content (AvgIpc) is 2.68. The average molecular weight is 413 g/mol. The second kappa shape index (κ2) is 7.85. The maximum Gasteiger partial charge on any atom is 0.238 e. The first-order chi connectivity index (χ1) is 13.6. The van der Waals surface area contributed by atoms with Crippen LogP contribution in [0.4, 0.5) is 5.69 Å². The number of benzene rings is 3. The molecule has 0 fully saturated rings. The van der Waals surface area contributed by atoms with E-state index in [1.807, 2.05) is 50.2 Å². The number of fused-ring (bicyclic) bond motifs is 1. The minimum absolute atomic E-state index is 0.0248.